The lowest BCUT2D eigenvalue weighted by atomic mass is 9.83. The molecule has 0 radical (unpaired) electrons. The largest absolute Gasteiger partial charge is 0.383 e. The van der Waals surface area contributed by atoms with Crippen LogP contribution in [-0.2, 0) is 14.3 Å². The standard InChI is InChI=1S/C16H21FN2O3/c1-19-14(20)8-7-12(16(21)18-9-10-22-2)15(19)11-5-3-4-6-13(11)17/h3-6,12,15H,7-10H2,1-2H3,(H,18,21). The molecule has 1 aliphatic rings. The molecule has 2 rings (SSSR count). The molecular weight excluding hydrogens is 287 g/mol. The van der Waals surface area contributed by atoms with Gasteiger partial charge in [-0.3, -0.25) is 9.59 Å². The van der Waals surface area contributed by atoms with E-state index < -0.39 is 17.8 Å². The van der Waals surface area contributed by atoms with E-state index in [2.05, 4.69) is 5.32 Å². The van der Waals surface area contributed by atoms with Crippen molar-refractivity contribution in [2.75, 3.05) is 27.3 Å². The zero-order valence-corrected chi connectivity index (χ0v) is 12.8. The van der Waals surface area contributed by atoms with Crippen molar-refractivity contribution in [3.05, 3.63) is 35.6 Å². The van der Waals surface area contributed by atoms with Crippen molar-refractivity contribution in [3.63, 3.8) is 0 Å². The van der Waals surface area contributed by atoms with Gasteiger partial charge < -0.3 is 15.0 Å². The molecule has 1 fully saturated rings. The molecule has 2 amide bonds. The SMILES string of the molecule is COCCNC(=O)C1CCC(=O)N(C)C1c1ccccc1F. The molecule has 6 heteroatoms. The average Bonchev–Trinajstić information content (AvgIpc) is 2.51. The van der Waals surface area contributed by atoms with Crippen LogP contribution < -0.4 is 5.32 Å². The number of nitrogens with zero attached hydrogens (tertiary/aromatic N) is 1. The van der Waals surface area contributed by atoms with E-state index in [1.165, 1.54) is 11.0 Å². The Morgan fingerprint density at radius 1 is 1.45 bits per heavy atom. The Morgan fingerprint density at radius 3 is 2.86 bits per heavy atom. The van der Waals surface area contributed by atoms with Gasteiger partial charge in [0.1, 0.15) is 5.82 Å². The molecule has 0 spiro atoms. The van der Waals surface area contributed by atoms with Gasteiger partial charge in [-0.15, -0.1) is 0 Å². The number of benzene rings is 1. The highest BCUT2D eigenvalue weighted by Crippen LogP contribution is 2.36. The van der Waals surface area contributed by atoms with Gasteiger partial charge in [0.05, 0.1) is 18.6 Å². The maximum absolute atomic E-state index is 14.1. The van der Waals surface area contributed by atoms with E-state index >= 15 is 0 Å². The number of carbonyl (C=O) groups is 2. The van der Waals surface area contributed by atoms with Crippen LogP contribution in [0.15, 0.2) is 24.3 Å². The summed E-state index contributed by atoms with van der Waals surface area (Å²) in [7, 11) is 3.18. The van der Waals surface area contributed by atoms with Crippen molar-refractivity contribution in [1.29, 1.82) is 0 Å². The molecule has 0 aliphatic carbocycles. The molecule has 5 nitrogen and oxygen atoms in total. The summed E-state index contributed by atoms with van der Waals surface area (Å²) < 4.78 is 19.0. The van der Waals surface area contributed by atoms with Gasteiger partial charge in [-0.05, 0) is 12.5 Å². The van der Waals surface area contributed by atoms with Crippen molar-refractivity contribution < 1.29 is 18.7 Å². The predicted octanol–water partition coefficient (Wildman–Crippen LogP) is 1.50. The normalized spacial score (nSPS) is 21.8. The Balaban J connectivity index is 2.25. The van der Waals surface area contributed by atoms with E-state index in [1.54, 1.807) is 32.4 Å². The van der Waals surface area contributed by atoms with Crippen molar-refractivity contribution in [3.8, 4) is 0 Å². The number of carbonyl (C=O) groups excluding carboxylic acids is 2. The highest BCUT2D eigenvalue weighted by Gasteiger charge is 2.39. The molecule has 1 aromatic rings. The molecule has 1 aromatic carbocycles. The van der Waals surface area contributed by atoms with E-state index in [1.807, 2.05) is 0 Å². The van der Waals surface area contributed by atoms with E-state index in [-0.39, 0.29) is 11.8 Å². The lowest BCUT2D eigenvalue weighted by Crippen LogP contribution is -2.47. The number of likely N-dealkylation sites (tertiary alicyclic amines) is 1. The van der Waals surface area contributed by atoms with Gasteiger partial charge in [0.2, 0.25) is 11.8 Å². The fourth-order valence-corrected chi connectivity index (χ4v) is 2.86. The topological polar surface area (TPSA) is 58.6 Å². The molecule has 1 saturated heterocycles. The third kappa shape index (κ3) is 3.44. The first-order valence-electron chi connectivity index (χ1n) is 7.33. The fraction of sp³-hybridized carbons (Fsp3) is 0.500. The molecule has 22 heavy (non-hydrogen) atoms. The second kappa shape index (κ2) is 7.35. The smallest absolute Gasteiger partial charge is 0.225 e. The molecule has 2 atom stereocenters. The van der Waals surface area contributed by atoms with Crippen LogP contribution in [0.5, 0.6) is 0 Å². The lowest BCUT2D eigenvalue weighted by molar-refractivity contribution is -0.141. The van der Waals surface area contributed by atoms with E-state index in [0.717, 1.165) is 0 Å². The summed E-state index contributed by atoms with van der Waals surface area (Å²) in [5, 5.41) is 2.78. The second-order valence-corrected chi connectivity index (χ2v) is 5.40. The number of amides is 2. The van der Waals surface area contributed by atoms with Crippen LogP contribution >= 0.6 is 0 Å². The van der Waals surface area contributed by atoms with Gasteiger partial charge >= 0.3 is 0 Å². The molecule has 1 heterocycles. The summed E-state index contributed by atoms with van der Waals surface area (Å²) >= 11 is 0. The number of nitrogens with one attached hydrogen (secondary N) is 1. The lowest BCUT2D eigenvalue weighted by Gasteiger charge is -2.38. The van der Waals surface area contributed by atoms with E-state index in [9.17, 15) is 14.0 Å². The Hall–Kier alpha value is -1.95. The Labute approximate surface area is 129 Å². The quantitative estimate of drug-likeness (QED) is 0.839. The zero-order valence-electron chi connectivity index (χ0n) is 12.8. The monoisotopic (exact) mass is 308 g/mol. The summed E-state index contributed by atoms with van der Waals surface area (Å²) in [6.07, 6.45) is 0.713. The summed E-state index contributed by atoms with van der Waals surface area (Å²) in [5.74, 6) is -1.11. The zero-order chi connectivity index (χ0) is 16.1. The summed E-state index contributed by atoms with van der Waals surface area (Å²) in [6.45, 7) is 0.811. The second-order valence-electron chi connectivity index (χ2n) is 5.40. The first-order chi connectivity index (χ1) is 10.6. The van der Waals surface area contributed by atoms with Gasteiger partial charge in [0, 0.05) is 32.7 Å². The molecule has 2 unspecified atom stereocenters. The van der Waals surface area contributed by atoms with Crippen LogP contribution in [0.2, 0.25) is 0 Å². The molecule has 1 aliphatic heterocycles. The third-order valence-corrected chi connectivity index (χ3v) is 4.03. The minimum atomic E-state index is -0.579. The predicted molar refractivity (Wildman–Crippen MR) is 79.5 cm³/mol. The third-order valence-electron chi connectivity index (χ3n) is 4.03. The highest BCUT2D eigenvalue weighted by molar-refractivity contribution is 5.84. The molecule has 0 aromatic heterocycles. The summed E-state index contributed by atoms with van der Waals surface area (Å²) in [6, 6.07) is 5.71. The van der Waals surface area contributed by atoms with Crippen molar-refractivity contribution in [2.24, 2.45) is 5.92 Å². The van der Waals surface area contributed by atoms with Crippen LogP contribution in [0, 0.1) is 11.7 Å². The van der Waals surface area contributed by atoms with Gasteiger partial charge in [-0.25, -0.2) is 4.39 Å². The van der Waals surface area contributed by atoms with E-state index in [0.29, 0.717) is 31.6 Å². The van der Waals surface area contributed by atoms with Gasteiger partial charge in [-0.2, -0.15) is 0 Å². The maximum Gasteiger partial charge on any atom is 0.225 e. The average molecular weight is 308 g/mol. The molecular formula is C16H21FN2O3. The van der Waals surface area contributed by atoms with Gasteiger partial charge in [0.25, 0.3) is 0 Å². The minimum absolute atomic E-state index is 0.0748. The number of hydrogen-bond acceptors (Lipinski definition) is 3. The first-order valence-corrected chi connectivity index (χ1v) is 7.33. The van der Waals surface area contributed by atoms with Crippen molar-refractivity contribution in [2.45, 2.75) is 18.9 Å². The maximum atomic E-state index is 14.1. The van der Waals surface area contributed by atoms with Crippen LogP contribution in [-0.4, -0.2) is 44.0 Å². The van der Waals surface area contributed by atoms with Crippen molar-refractivity contribution in [1.82, 2.24) is 10.2 Å². The number of rotatable bonds is 5. The number of ether oxygens (including phenoxy) is 1. The van der Waals surface area contributed by atoms with Gasteiger partial charge in [0.15, 0.2) is 0 Å². The molecule has 1 N–H and O–H groups in total. The molecule has 0 saturated carbocycles. The first kappa shape index (κ1) is 16.4. The van der Waals surface area contributed by atoms with Crippen LogP contribution in [0.1, 0.15) is 24.4 Å². The Kier molecular flexibility index (Phi) is 5.49. The van der Waals surface area contributed by atoms with Crippen LogP contribution in [0.3, 0.4) is 0 Å². The van der Waals surface area contributed by atoms with Crippen molar-refractivity contribution >= 4 is 11.8 Å². The highest BCUT2D eigenvalue weighted by atomic mass is 19.1. The fourth-order valence-electron chi connectivity index (χ4n) is 2.86. The minimum Gasteiger partial charge on any atom is -0.383 e. The Bertz CT molecular complexity index is 550. The van der Waals surface area contributed by atoms with Gasteiger partial charge in [-0.1, -0.05) is 18.2 Å². The van der Waals surface area contributed by atoms with Crippen LogP contribution in [0.4, 0.5) is 4.39 Å². The summed E-state index contributed by atoms with van der Waals surface area (Å²) in [4.78, 5) is 25.8. The molecule has 0 bridgehead atoms. The van der Waals surface area contributed by atoms with Crippen LogP contribution in [0.25, 0.3) is 0 Å². The number of halogens is 1. The number of hydrogen-bond donors (Lipinski definition) is 1. The Morgan fingerprint density at radius 2 is 2.18 bits per heavy atom. The number of piperidine rings is 1. The molecule has 120 valence electrons. The number of methoxy groups -OCH3 is 1. The van der Waals surface area contributed by atoms with E-state index in [4.69, 9.17) is 4.74 Å². The summed E-state index contributed by atoms with van der Waals surface area (Å²) in [5.41, 5.74) is 0.380.